The lowest BCUT2D eigenvalue weighted by Crippen LogP contribution is -2.44. The van der Waals surface area contributed by atoms with Crippen LogP contribution >= 0.6 is 0 Å². The van der Waals surface area contributed by atoms with Gasteiger partial charge in [0, 0.05) is 0 Å². The molecule has 0 heteroatoms. The van der Waals surface area contributed by atoms with E-state index in [1.165, 1.54) is 51.4 Å². The first kappa shape index (κ1) is 15.8. The Bertz CT molecular complexity index is 247. The monoisotopic (exact) mass is 250 g/mol. The maximum atomic E-state index is 4.40. The third kappa shape index (κ3) is 2.68. The molecule has 0 nitrogen and oxygen atoms in total. The van der Waals surface area contributed by atoms with Gasteiger partial charge in [0.1, 0.15) is 0 Å². The van der Waals surface area contributed by atoms with E-state index in [0.717, 1.165) is 5.92 Å². The third-order valence-corrected chi connectivity index (χ3v) is 5.83. The largest absolute Gasteiger partial charge is 0.0993 e. The second kappa shape index (κ2) is 6.26. The molecule has 3 saturated carbocycles. The summed E-state index contributed by atoms with van der Waals surface area (Å²) in [6, 6.07) is 0. The van der Waals surface area contributed by atoms with Crippen molar-refractivity contribution in [2.45, 2.75) is 86.0 Å². The van der Waals surface area contributed by atoms with E-state index in [1.807, 2.05) is 13.8 Å². The highest BCUT2D eigenvalue weighted by Crippen LogP contribution is 2.62. The molecule has 0 spiro atoms. The number of hydrogen-bond acceptors (Lipinski definition) is 0. The van der Waals surface area contributed by atoms with Crippen molar-refractivity contribution in [3.63, 3.8) is 0 Å². The minimum absolute atomic E-state index is 0.562. The highest BCUT2D eigenvalue weighted by Gasteiger charge is 2.50. The third-order valence-electron chi connectivity index (χ3n) is 5.83. The van der Waals surface area contributed by atoms with Crippen LogP contribution in [0.25, 0.3) is 0 Å². The predicted octanol–water partition coefficient (Wildman–Crippen LogP) is 6.37. The summed E-state index contributed by atoms with van der Waals surface area (Å²) in [6.45, 7) is 15.5. The van der Waals surface area contributed by atoms with E-state index in [0.29, 0.717) is 10.8 Å². The number of rotatable bonds is 4. The molecule has 0 saturated heterocycles. The minimum atomic E-state index is 0.562. The Kier molecular flexibility index (Phi) is 5.49. The molecule has 0 aromatic heterocycles. The molecule has 18 heavy (non-hydrogen) atoms. The summed E-state index contributed by atoms with van der Waals surface area (Å²) in [7, 11) is 0. The Balaban J connectivity index is 0.000000771. The molecule has 0 atom stereocenters. The molecular weight excluding hydrogens is 216 g/mol. The van der Waals surface area contributed by atoms with Gasteiger partial charge in [0.05, 0.1) is 0 Å². The normalized spacial score (nSPS) is 34.1. The van der Waals surface area contributed by atoms with Gasteiger partial charge in [-0.3, -0.25) is 0 Å². The van der Waals surface area contributed by atoms with E-state index >= 15 is 0 Å². The summed E-state index contributed by atoms with van der Waals surface area (Å²) in [4.78, 5) is 0. The number of fused-ring (bicyclic) bond motifs is 3. The van der Waals surface area contributed by atoms with E-state index < -0.39 is 0 Å². The second-order valence-corrected chi connectivity index (χ2v) is 6.65. The Morgan fingerprint density at radius 2 is 1.44 bits per heavy atom. The van der Waals surface area contributed by atoms with Crippen molar-refractivity contribution in [3.05, 3.63) is 12.2 Å². The van der Waals surface area contributed by atoms with Crippen LogP contribution in [0.5, 0.6) is 0 Å². The van der Waals surface area contributed by atoms with Gasteiger partial charge in [0.25, 0.3) is 0 Å². The summed E-state index contributed by atoms with van der Waals surface area (Å²) in [5.74, 6) is 0.880. The van der Waals surface area contributed by atoms with Crippen LogP contribution in [-0.2, 0) is 0 Å². The average molecular weight is 250 g/mol. The lowest BCUT2D eigenvalue weighted by molar-refractivity contribution is -0.0203. The predicted molar refractivity (Wildman–Crippen MR) is 82.8 cm³/mol. The van der Waals surface area contributed by atoms with Gasteiger partial charge in [0.2, 0.25) is 0 Å². The Labute approximate surface area is 115 Å². The van der Waals surface area contributed by atoms with Gasteiger partial charge in [-0.05, 0) is 61.7 Å². The van der Waals surface area contributed by atoms with E-state index in [2.05, 4.69) is 27.4 Å². The fourth-order valence-electron chi connectivity index (χ4n) is 4.18. The molecule has 0 radical (unpaired) electrons. The summed E-state index contributed by atoms with van der Waals surface area (Å²) in [5, 5.41) is 0. The molecular formula is C18H34. The van der Waals surface area contributed by atoms with E-state index in [-0.39, 0.29) is 0 Å². The maximum absolute atomic E-state index is 4.40. The molecule has 3 aliphatic rings. The zero-order valence-corrected chi connectivity index (χ0v) is 13.4. The van der Waals surface area contributed by atoms with Gasteiger partial charge < -0.3 is 0 Å². The standard InChI is InChI=1S/C16H28.C2H6/c1-5-6-14(4)16-10-7-15(8-11-16,9-12-16)13(2)3;1-2/h13H,4-12H2,1-3H3;1-2H3. The molecule has 3 fully saturated rings. The van der Waals surface area contributed by atoms with Gasteiger partial charge >= 0.3 is 0 Å². The molecule has 0 aromatic carbocycles. The van der Waals surface area contributed by atoms with Gasteiger partial charge in [-0.15, -0.1) is 0 Å². The van der Waals surface area contributed by atoms with Crippen molar-refractivity contribution in [2.24, 2.45) is 16.7 Å². The average Bonchev–Trinajstić information content (AvgIpc) is 2.43. The fraction of sp³-hybridized carbons (Fsp3) is 0.889. The van der Waals surface area contributed by atoms with Crippen LogP contribution in [0.2, 0.25) is 0 Å². The molecule has 0 heterocycles. The van der Waals surface area contributed by atoms with E-state index in [4.69, 9.17) is 0 Å². The van der Waals surface area contributed by atoms with Crippen molar-refractivity contribution < 1.29 is 0 Å². The van der Waals surface area contributed by atoms with Crippen molar-refractivity contribution in [3.8, 4) is 0 Å². The van der Waals surface area contributed by atoms with Gasteiger partial charge in [-0.2, -0.15) is 0 Å². The van der Waals surface area contributed by atoms with Crippen LogP contribution in [0.1, 0.15) is 86.0 Å². The molecule has 3 rings (SSSR count). The summed E-state index contributed by atoms with van der Waals surface area (Å²) in [6.07, 6.45) is 11.2. The van der Waals surface area contributed by atoms with E-state index in [1.54, 1.807) is 5.57 Å². The Morgan fingerprint density at radius 1 is 1.00 bits per heavy atom. The van der Waals surface area contributed by atoms with Gasteiger partial charge in [-0.25, -0.2) is 0 Å². The molecule has 0 unspecified atom stereocenters. The second-order valence-electron chi connectivity index (χ2n) is 6.65. The summed E-state index contributed by atoms with van der Waals surface area (Å²) < 4.78 is 0. The molecule has 0 aromatic rings. The van der Waals surface area contributed by atoms with Crippen molar-refractivity contribution >= 4 is 0 Å². The first-order valence-corrected chi connectivity index (χ1v) is 8.23. The van der Waals surface area contributed by atoms with Crippen molar-refractivity contribution in [1.82, 2.24) is 0 Å². The highest BCUT2D eigenvalue weighted by atomic mass is 14.5. The lowest BCUT2D eigenvalue weighted by atomic mass is 9.49. The van der Waals surface area contributed by atoms with Crippen molar-refractivity contribution in [2.75, 3.05) is 0 Å². The van der Waals surface area contributed by atoms with Crippen LogP contribution in [0.3, 0.4) is 0 Å². The molecule has 106 valence electrons. The maximum Gasteiger partial charge on any atom is -0.00901 e. The first-order chi connectivity index (χ1) is 8.55. The first-order valence-electron chi connectivity index (χ1n) is 8.23. The molecule has 0 amide bonds. The Morgan fingerprint density at radius 3 is 1.78 bits per heavy atom. The smallest absolute Gasteiger partial charge is 0.00901 e. The highest BCUT2D eigenvalue weighted by molar-refractivity contribution is 5.16. The van der Waals surface area contributed by atoms with E-state index in [9.17, 15) is 0 Å². The zero-order chi connectivity index (χ0) is 13.8. The van der Waals surface area contributed by atoms with Crippen LogP contribution in [-0.4, -0.2) is 0 Å². The lowest BCUT2D eigenvalue weighted by Gasteiger charge is -2.56. The summed E-state index contributed by atoms with van der Waals surface area (Å²) in [5.41, 5.74) is 2.84. The molecule has 2 bridgehead atoms. The molecule has 0 N–H and O–H groups in total. The minimum Gasteiger partial charge on any atom is -0.0993 e. The quantitative estimate of drug-likeness (QED) is 0.509. The van der Waals surface area contributed by atoms with Crippen LogP contribution in [0.4, 0.5) is 0 Å². The van der Waals surface area contributed by atoms with Gasteiger partial charge in [-0.1, -0.05) is 53.2 Å². The summed E-state index contributed by atoms with van der Waals surface area (Å²) >= 11 is 0. The zero-order valence-electron chi connectivity index (χ0n) is 13.4. The molecule has 0 aliphatic heterocycles. The van der Waals surface area contributed by atoms with Crippen molar-refractivity contribution in [1.29, 1.82) is 0 Å². The Hall–Kier alpha value is -0.260. The van der Waals surface area contributed by atoms with Gasteiger partial charge in [0.15, 0.2) is 0 Å². The van der Waals surface area contributed by atoms with Crippen LogP contribution in [0.15, 0.2) is 12.2 Å². The number of allylic oxidation sites excluding steroid dienone is 1. The fourth-order valence-corrected chi connectivity index (χ4v) is 4.18. The number of hydrogen-bond donors (Lipinski definition) is 0. The topological polar surface area (TPSA) is 0 Å². The van der Waals surface area contributed by atoms with Crippen LogP contribution in [0, 0.1) is 16.7 Å². The van der Waals surface area contributed by atoms with Crippen LogP contribution < -0.4 is 0 Å². The SMILES string of the molecule is C=C(CCC)C12CCC(C(C)C)(CC1)CC2.CC. The molecule has 3 aliphatic carbocycles.